The van der Waals surface area contributed by atoms with Crippen LogP contribution in [0, 0.1) is 0 Å². The van der Waals surface area contributed by atoms with Crippen LogP contribution in [0.15, 0.2) is 53.9 Å². The first-order chi connectivity index (χ1) is 13.6. The van der Waals surface area contributed by atoms with Crippen LogP contribution in [-0.2, 0) is 4.79 Å². The number of rotatable bonds is 8. The highest BCUT2D eigenvalue weighted by Gasteiger charge is 2.10. The Morgan fingerprint density at radius 3 is 2.36 bits per heavy atom. The molecule has 0 radical (unpaired) electrons. The van der Waals surface area contributed by atoms with Crippen molar-refractivity contribution in [2.45, 2.75) is 13.3 Å². The lowest BCUT2D eigenvalue weighted by molar-refractivity contribution is -0.118. The quantitative estimate of drug-likeness (QED) is 0.570. The maximum Gasteiger partial charge on any atom is 0.264 e. The second-order valence-electron chi connectivity index (χ2n) is 5.90. The van der Waals surface area contributed by atoms with E-state index in [1.54, 1.807) is 31.4 Å². The topological polar surface area (TPSA) is 77.5 Å². The van der Waals surface area contributed by atoms with Crippen molar-refractivity contribution in [2.24, 2.45) is 0 Å². The molecule has 1 amide bonds. The molecule has 0 aliphatic heterocycles. The molecule has 0 aliphatic carbocycles. The number of ketones is 1. The summed E-state index contributed by atoms with van der Waals surface area (Å²) in [5, 5.41) is 5.11. The highest BCUT2D eigenvalue weighted by molar-refractivity contribution is 7.14. The van der Waals surface area contributed by atoms with E-state index < -0.39 is 0 Å². The summed E-state index contributed by atoms with van der Waals surface area (Å²) in [6.45, 7) is 1.67. The Labute approximate surface area is 167 Å². The second-order valence-corrected chi connectivity index (χ2v) is 6.76. The zero-order chi connectivity index (χ0) is 19.9. The van der Waals surface area contributed by atoms with Crippen molar-refractivity contribution >= 4 is 28.2 Å². The number of ether oxygens (including phenoxy) is 2. The summed E-state index contributed by atoms with van der Waals surface area (Å²) in [4.78, 5) is 28.1. The summed E-state index contributed by atoms with van der Waals surface area (Å²) in [5.74, 6) is 1.07. The van der Waals surface area contributed by atoms with Gasteiger partial charge in [-0.1, -0.05) is 6.92 Å². The van der Waals surface area contributed by atoms with E-state index in [0.29, 0.717) is 22.9 Å². The minimum atomic E-state index is -0.302. The first-order valence-electron chi connectivity index (χ1n) is 8.75. The van der Waals surface area contributed by atoms with Gasteiger partial charge in [-0.25, -0.2) is 4.98 Å². The van der Waals surface area contributed by atoms with Crippen LogP contribution in [0.25, 0.3) is 11.3 Å². The van der Waals surface area contributed by atoms with E-state index in [2.05, 4.69) is 10.3 Å². The van der Waals surface area contributed by atoms with Gasteiger partial charge in [0.15, 0.2) is 17.5 Å². The van der Waals surface area contributed by atoms with E-state index in [-0.39, 0.29) is 18.3 Å². The first kappa shape index (κ1) is 19.6. The van der Waals surface area contributed by atoms with Gasteiger partial charge in [-0.3, -0.25) is 14.9 Å². The number of thiazole rings is 1. The van der Waals surface area contributed by atoms with E-state index >= 15 is 0 Å². The third-order valence-corrected chi connectivity index (χ3v) is 4.76. The van der Waals surface area contributed by atoms with E-state index in [0.717, 1.165) is 17.0 Å². The molecule has 3 rings (SSSR count). The summed E-state index contributed by atoms with van der Waals surface area (Å²) >= 11 is 1.34. The minimum Gasteiger partial charge on any atom is -0.497 e. The Bertz CT molecular complexity index is 949. The van der Waals surface area contributed by atoms with Crippen LogP contribution >= 0.6 is 11.3 Å². The molecule has 2 aromatic carbocycles. The highest BCUT2D eigenvalue weighted by Crippen LogP contribution is 2.26. The molecule has 144 valence electrons. The molecule has 0 aliphatic rings. The van der Waals surface area contributed by atoms with Crippen molar-refractivity contribution in [3.8, 4) is 22.8 Å². The fourth-order valence-corrected chi connectivity index (χ4v) is 3.21. The maximum atomic E-state index is 12.1. The molecule has 0 saturated carbocycles. The summed E-state index contributed by atoms with van der Waals surface area (Å²) < 4.78 is 10.6. The van der Waals surface area contributed by atoms with Crippen molar-refractivity contribution < 1.29 is 19.1 Å². The van der Waals surface area contributed by atoms with Gasteiger partial charge in [-0.2, -0.15) is 0 Å². The molecule has 0 spiro atoms. The van der Waals surface area contributed by atoms with E-state index in [1.807, 2.05) is 36.6 Å². The molecule has 1 heterocycles. The van der Waals surface area contributed by atoms with Crippen LogP contribution in [-0.4, -0.2) is 30.4 Å². The van der Waals surface area contributed by atoms with Gasteiger partial charge >= 0.3 is 0 Å². The average molecular weight is 396 g/mol. The van der Waals surface area contributed by atoms with Crippen LogP contribution in [0.5, 0.6) is 11.5 Å². The number of methoxy groups -OCH3 is 1. The number of carbonyl (C=O) groups is 2. The van der Waals surface area contributed by atoms with Gasteiger partial charge in [-0.15, -0.1) is 11.3 Å². The van der Waals surface area contributed by atoms with Crippen LogP contribution < -0.4 is 14.8 Å². The largest absolute Gasteiger partial charge is 0.497 e. The Hall–Kier alpha value is -3.19. The predicted molar refractivity (Wildman–Crippen MR) is 109 cm³/mol. The molecule has 0 atom stereocenters. The molecule has 0 unspecified atom stereocenters. The number of anilines is 1. The monoisotopic (exact) mass is 396 g/mol. The Kier molecular flexibility index (Phi) is 6.39. The number of amides is 1. The third-order valence-electron chi connectivity index (χ3n) is 4.00. The van der Waals surface area contributed by atoms with Gasteiger partial charge in [0.1, 0.15) is 11.5 Å². The molecule has 3 aromatic rings. The van der Waals surface area contributed by atoms with Crippen LogP contribution in [0.4, 0.5) is 5.13 Å². The minimum absolute atomic E-state index is 0.0701. The van der Waals surface area contributed by atoms with Gasteiger partial charge in [0, 0.05) is 22.9 Å². The summed E-state index contributed by atoms with van der Waals surface area (Å²) in [5.41, 5.74) is 2.35. The Morgan fingerprint density at radius 1 is 1.04 bits per heavy atom. The number of aromatic nitrogens is 1. The van der Waals surface area contributed by atoms with Crippen LogP contribution in [0.3, 0.4) is 0 Å². The fraction of sp³-hybridized carbons (Fsp3) is 0.190. The normalized spacial score (nSPS) is 10.4. The van der Waals surface area contributed by atoms with E-state index in [1.165, 1.54) is 11.3 Å². The predicted octanol–water partition coefficient (Wildman–Crippen LogP) is 4.43. The van der Waals surface area contributed by atoms with Gasteiger partial charge < -0.3 is 9.47 Å². The van der Waals surface area contributed by atoms with E-state index in [9.17, 15) is 9.59 Å². The molecule has 6 nitrogen and oxygen atoms in total. The second kappa shape index (κ2) is 9.14. The number of benzene rings is 2. The van der Waals surface area contributed by atoms with Gasteiger partial charge in [0.2, 0.25) is 0 Å². The summed E-state index contributed by atoms with van der Waals surface area (Å²) in [7, 11) is 1.62. The van der Waals surface area contributed by atoms with Crippen LogP contribution in [0.2, 0.25) is 0 Å². The fourth-order valence-electron chi connectivity index (χ4n) is 2.47. The Balaban J connectivity index is 1.53. The maximum absolute atomic E-state index is 12.1. The molecular weight excluding hydrogens is 376 g/mol. The van der Waals surface area contributed by atoms with Crippen molar-refractivity contribution in [1.82, 2.24) is 4.98 Å². The highest BCUT2D eigenvalue weighted by atomic mass is 32.1. The molecule has 0 bridgehead atoms. The zero-order valence-corrected chi connectivity index (χ0v) is 16.4. The van der Waals surface area contributed by atoms with Crippen molar-refractivity contribution in [3.63, 3.8) is 0 Å². The summed E-state index contributed by atoms with van der Waals surface area (Å²) in [6.07, 6.45) is 0.453. The lowest BCUT2D eigenvalue weighted by Gasteiger charge is -2.06. The van der Waals surface area contributed by atoms with Crippen molar-refractivity contribution in [1.29, 1.82) is 0 Å². The SMILES string of the molecule is CCC(=O)c1ccc(OCC(=O)Nc2nc(-c3ccc(OC)cc3)cs2)cc1. The number of nitrogens with one attached hydrogen (secondary N) is 1. The van der Waals surface area contributed by atoms with Crippen molar-refractivity contribution in [3.05, 3.63) is 59.5 Å². The number of hydrogen-bond donors (Lipinski definition) is 1. The number of nitrogens with zero attached hydrogens (tertiary/aromatic N) is 1. The molecule has 0 saturated heterocycles. The van der Waals surface area contributed by atoms with Gasteiger partial charge in [0.05, 0.1) is 12.8 Å². The number of hydrogen-bond acceptors (Lipinski definition) is 6. The molecule has 7 heteroatoms. The first-order valence-corrected chi connectivity index (χ1v) is 9.63. The van der Waals surface area contributed by atoms with E-state index in [4.69, 9.17) is 9.47 Å². The molecule has 28 heavy (non-hydrogen) atoms. The van der Waals surface area contributed by atoms with Crippen molar-refractivity contribution in [2.75, 3.05) is 19.0 Å². The molecule has 1 aromatic heterocycles. The lowest BCUT2D eigenvalue weighted by Crippen LogP contribution is -2.20. The standard InChI is InChI=1S/C21H20N2O4S/c1-3-19(24)15-6-10-17(11-7-15)27-12-20(25)23-21-22-18(13-28-21)14-4-8-16(26-2)9-5-14/h4-11,13H,3,12H2,1-2H3,(H,22,23,25). The average Bonchev–Trinajstić information content (AvgIpc) is 3.20. The molecule has 1 N–H and O–H groups in total. The Morgan fingerprint density at radius 2 is 1.71 bits per heavy atom. The van der Waals surface area contributed by atoms with Gasteiger partial charge in [0.25, 0.3) is 5.91 Å². The zero-order valence-electron chi connectivity index (χ0n) is 15.6. The lowest BCUT2D eigenvalue weighted by atomic mass is 10.1. The third kappa shape index (κ3) is 4.95. The van der Waals surface area contributed by atoms with Crippen LogP contribution in [0.1, 0.15) is 23.7 Å². The smallest absolute Gasteiger partial charge is 0.264 e. The molecular formula is C21H20N2O4S. The summed E-state index contributed by atoms with van der Waals surface area (Å²) in [6, 6.07) is 14.3. The number of Topliss-reactive ketones (excluding diaryl/α,β-unsaturated/α-hetero) is 1. The molecule has 0 fully saturated rings. The number of carbonyl (C=O) groups excluding carboxylic acids is 2. The van der Waals surface area contributed by atoms with Gasteiger partial charge in [-0.05, 0) is 48.5 Å².